The van der Waals surface area contributed by atoms with Gasteiger partial charge in [-0.1, -0.05) is 11.8 Å². The summed E-state index contributed by atoms with van der Waals surface area (Å²) in [5.74, 6) is -3.46. The van der Waals surface area contributed by atoms with E-state index in [2.05, 4.69) is 5.32 Å². The molecule has 0 bridgehead atoms. The smallest absolute Gasteiger partial charge is 0.348 e. The van der Waals surface area contributed by atoms with E-state index >= 15 is 0 Å². The average Bonchev–Trinajstić information content (AvgIpc) is 3.05. The van der Waals surface area contributed by atoms with Crippen molar-refractivity contribution >= 4 is 40.7 Å². The Morgan fingerprint density at radius 1 is 1.19 bits per heavy atom. The number of halogens is 2. The Bertz CT molecular complexity index is 767. The van der Waals surface area contributed by atoms with Gasteiger partial charge in [0.15, 0.2) is 6.61 Å². The van der Waals surface area contributed by atoms with Gasteiger partial charge < -0.3 is 10.1 Å². The molecule has 0 saturated heterocycles. The van der Waals surface area contributed by atoms with Crippen LogP contribution >= 0.6 is 23.1 Å². The quantitative estimate of drug-likeness (QED) is 0.565. The number of carbonyl (C=O) groups is 2. The second kappa shape index (κ2) is 8.64. The lowest BCUT2D eigenvalue weighted by Gasteiger charge is -2.08. The molecule has 8 heteroatoms. The zero-order chi connectivity index (χ0) is 18.5. The van der Waals surface area contributed by atoms with Crippen molar-refractivity contribution in [1.82, 2.24) is 0 Å². The van der Waals surface area contributed by atoms with Gasteiger partial charge in [-0.15, -0.1) is 11.3 Å². The first kappa shape index (κ1) is 18.8. The van der Waals surface area contributed by atoms with Gasteiger partial charge in [0.25, 0.3) is 11.7 Å². The van der Waals surface area contributed by atoms with Crippen molar-refractivity contribution in [3.8, 4) is 0 Å². The van der Waals surface area contributed by atoms with Gasteiger partial charge in [-0.05, 0) is 61.6 Å². The first-order valence-electron chi connectivity index (χ1n) is 8.14. The molecule has 0 saturated carbocycles. The lowest BCUT2D eigenvalue weighted by molar-refractivity contribution is -0.119. The molecule has 1 N–H and O–H groups in total. The summed E-state index contributed by atoms with van der Waals surface area (Å²) < 4.78 is 29.6. The van der Waals surface area contributed by atoms with E-state index in [0.29, 0.717) is 27.2 Å². The molecule has 0 aliphatic heterocycles. The summed E-state index contributed by atoms with van der Waals surface area (Å²) in [7, 11) is 0. The topological polar surface area (TPSA) is 55.4 Å². The maximum absolute atomic E-state index is 12.3. The number of hydrogen-bond donors (Lipinski definition) is 1. The largest absolute Gasteiger partial charge is 0.451 e. The van der Waals surface area contributed by atoms with Gasteiger partial charge in [0.1, 0.15) is 4.88 Å². The van der Waals surface area contributed by atoms with Gasteiger partial charge >= 0.3 is 5.97 Å². The number of hydrogen-bond acceptors (Lipinski definition) is 5. The molecule has 1 amide bonds. The second-order valence-corrected chi connectivity index (χ2v) is 7.99. The summed E-state index contributed by atoms with van der Waals surface area (Å²) in [6.45, 7) is -0.394. The molecule has 26 heavy (non-hydrogen) atoms. The fourth-order valence-corrected chi connectivity index (χ4v) is 4.36. The minimum Gasteiger partial charge on any atom is -0.451 e. The van der Waals surface area contributed by atoms with E-state index in [9.17, 15) is 18.4 Å². The molecule has 0 fully saturated rings. The number of thioether (sulfide) groups is 1. The summed E-state index contributed by atoms with van der Waals surface area (Å²) in [6, 6.07) is 7.90. The third-order valence-corrected chi connectivity index (χ3v) is 5.84. The van der Waals surface area contributed by atoms with E-state index in [-0.39, 0.29) is 0 Å². The van der Waals surface area contributed by atoms with Crippen molar-refractivity contribution in [2.45, 2.75) is 36.3 Å². The van der Waals surface area contributed by atoms with Crippen LogP contribution in [-0.2, 0) is 22.4 Å². The van der Waals surface area contributed by atoms with E-state index in [4.69, 9.17) is 4.74 Å². The highest BCUT2D eigenvalue weighted by molar-refractivity contribution is 7.99. The third kappa shape index (κ3) is 5.04. The average molecular weight is 397 g/mol. The molecule has 0 radical (unpaired) electrons. The maximum atomic E-state index is 12.3. The number of aryl methyl sites for hydroxylation is 2. The molecule has 0 unspecified atom stereocenters. The Hall–Kier alpha value is -1.93. The first-order chi connectivity index (χ1) is 12.5. The van der Waals surface area contributed by atoms with Crippen molar-refractivity contribution in [1.29, 1.82) is 0 Å². The Kier molecular flexibility index (Phi) is 6.26. The summed E-state index contributed by atoms with van der Waals surface area (Å²) in [5.41, 5.74) is 1.66. The van der Waals surface area contributed by atoms with Crippen molar-refractivity contribution < 1.29 is 23.1 Å². The van der Waals surface area contributed by atoms with Gasteiger partial charge in [-0.2, -0.15) is 8.78 Å². The van der Waals surface area contributed by atoms with Crippen LogP contribution in [0.3, 0.4) is 0 Å². The number of fused-ring (bicyclic) bond motifs is 1. The third-order valence-electron chi connectivity index (χ3n) is 3.90. The highest BCUT2D eigenvalue weighted by Gasteiger charge is 2.19. The highest BCUT2D eigenvalue weighted by Crippen LogP contribution is 2.30. The summed E-state index contributed by atoms with van der Waals surface area (Å²) in [4.78, 5) is 26.2. The summed E-state index contributed by atoms with van der Waals surface area (Å²) in [5, 5.41) is 2.57. The molecule has 138 valence electrons. The van der Waals surface area contributed by atoms with Gasteiger partial charge in [-0.3, -0.25) is 4.79 Å². The number of nitrogens with one attached hydrogen (secondary N) is 1. The molecule has 4 nitrogen and oxygen atoms in total. The molecule has 3 rings (SSSR count). The monoisotopic (exact) mass is 397 g/mol. The molecule has 1 aromatic carbocycles. The van der Waals surface area contributed by atoms with Crippen LogP contribution in [0.4, 0.5) is 14.5 Å². The van der Waals surface area contributed by atoms with Crippen LogP contribution in [0.2, 0.25) is 0 Å². The lowest BCUT2D eigenvalue weighted by Crippen LogP contribution is -2.20. The number of carbonyl (C=O) groups excluding carboxylic acids is 2. The van der Waals surface area contributed by atoms with Crippen molar-refractivity contribution in [2.24, 2.45) is 0 Å². The number of amides is 1. The Morgan fingerprint density at radius 3 is 2.62 bits per heavy atom. The molecule has 2 aromatic rings. The maximum Gasteiger partial charge on any atom is 0.348 e. The van der Waals surface area contributed by atoms with Crippen LogP contribution < -0.4 is 5.32 Å². The lowest BCUT2D eigenvalue weighted by atomic mass is 9.99. The van der Waals surface area contributed by atoms with E-state index in [1.54, 1.807) is 0 Å². The normalized spacial score (nSPS) is 13.3. The summed E-state index contributed by atoms with van der Waals surface area (Å²) >= 11 is 1.87. The van der Waals surface area contributed by atoms with Gasteiger partial charge in [0, 0.05) is 15.5 Å². The number of thiophene rings is 1. The molecule has 1 aliphatic carbocycles. The predicted octanol–water partition coefficient (Wildman–Crippen LogP) is 4.74. The van der Waals surface area contributed by atoms with Crippen LogP contribution in [0.25, 0.3) is 0 Å². The number of rotatable bonds is 6. The standard InChI is InChI=1S/C18H17F2NO3S2/c19-18(20)25-13-7-5-12(6-8-13)21-16(22)10-24-17(23)15-9-11-3-1-2-4-14(11)26-15/h5-9,18H,1-4,10H2,(H,21,22). The molecular weight excluding hydrogens is 380 g/mol. The van der Waals surface area contributed by atoms with E-state index in [1.165, 1.54) is 46.0 Å². The second-order valence-electron chi connectivity index (χ2n) is 5.79. The van der Waals surface area contributed by atoms with E-state index in [1.807, 2.05) is 6.07 Å². The van der Waals surface area contributed by atoms with Crippen LogP contribution in [0.5, 0.6) is 0 Å². The fraction of sp³-hybridized carbons (Fsp3) is 0.333. The van der Waals surface area contributed by atoms with Crippen LogP contribution in [0.15, 0.2) is 35.2 Å². The van der Waals surface area contributed by atoms with E-state index in [0.717, 1.165) is 25.7 Å². The molecule has 0 spiro atoms. The van der Waals surface area contributed by atoms with Crippen LogP contribution in [0, 0.1) is 0 Å². The summed E-state index contributed by atoms with van der Waals surface area (Å²) in [6.07, 6.45) is 4.25. The zero-order valence-corrected chi connectivity index (χ0v) is 15.4. The van der Waals surface area contributed by atoms with Crippen LogP contribution in [0.1, 0.15) is 33.0 Å². The fourth-order valence-electron chi connectivity index (χ4n) is 2.71. The SMILES string of the molecule is O=C(COC(=O)c1cc2c(s1)CCCC2)Nc1ccc(SC(F)F)cc1. The van der Waals surface area contributed by atoms with Crippen molar-refractivity contribution in [3.05, 3.63) is 45.6 Å². The van der Waals surface area contributed by atoms with Gasteiger partial charge in [-0.25, -0.2) is 4.79 Å². The Labute approximate surface area is 157 Å². The zero-order valence-electron chi connectivity index (χ0n) is 13.8. The first-order valence-corrected chi connectivity index (χ1v) is 9.84. The molecule has 1 aromatic heterocycles. The molecular formula is C18H17F2NO3S2. The number of esters is 1. The predicted molar refractivity (Wildman–Crippen MR) is 98.2 cm³/mol. The molecule has 0 atom stereocenters. The van der Waals surface area contributed by atoms with Gasteiger partial charge in [0.2, 0.25) is 0 Å². The molecule has 1 heterocycles. The highest BCUT2D eigenvalue weighted by atomic mass is 32.2. The van der Waals surface area contributed by atoms with Crippen LogP contribution in [-0.4, -0.2) is 24.2 Å². The number of benzene rings is 1. The van der Waals surface area contributed by atoms with Crippen molar-refractivity contribution in [3.63, 3.8) is 0 Å². The molecule has 1 aliphatic rings. The van der Waals surface area contributed by atoms with Crippen molar-refractivity contribution in [2.75, 3.05) is 11.9 Å². The Morgan fingerprint density at radius 2 is 1.92 bits per heavy atom. The number of anilines is 1. The minimum atomic E-state index is -2.49. The Balaban J connectivity index is 1.49. The number of alkyl halides is 2. The number of ether oxygens (including phenoxy) is 1. The van der Waals surface area contributed by atoms with E-state index < -0.39 is 24.2 Å². The minimum absolute atomic E-state index is 0.394. The van der Waals surface area contributed by atoms with Gasteiger partial charge in [0.05, 0.1) is 0 Å².